The lowest BCUT2D eigenvalue weighted by Crippen LogP contribution is -2.28. The smallest absolute Gasteiger partial charge is 0.177 e. The molecule has 2 aromatic rings. The average Bonchev–Trinajstić information content (AvgIpc) is 3.31. The number of aliphatic hydroxyl groups excluding tert-OH is 1. The van der Waals surface area contributed by atoms with Crippen molar-refractivity contribution in [1.82, 2.24) is 19.7 Å². The maximum absolute atomic E-state index is 12.6. The van der Waals surface area contributed by atoms with Gasteiger partial charge in [0.25, 0.3) is 0 Å². The highest BCUT2D eigenvalue weighted by atomic mass is 16.3. The summed E-state index contributed by atoms with van der Waals surface area (Å²) in [5, 5.41) is 14.2. The second-order valence-electron chi connectivity index (χ2n) is 6.78. The first-order valence-electron chi connectivity index (χ1n) is 8.74. The Morgan fingerprint density at radius 2 is 2.31 bits per heavy atom. The summed E-state index contributed by atoms with van der Waals surface area (Å²) in [6, 6.07) is 4.02. The van der Waals surface area contributed by atoms with E-state index in [1.54, 1.807) is 19.3 Å². The molecule has 26 heavy (non-hydrogen) atoms. The van der Waals surface area contributed by atoms with Crippen LogP contribution in [-0.2, 0) is 11.2 Å². The van der Waals surface area contributed by atoms with E-state index in [1.165, 1.54) is 0 Å². The molecule has 3 heterocycles. The van der Waals surface area contributed by atoms with Crippen molar-refractivity contribution in [3.8, 4) is 12.3 Å². The first-order valence-corrected chi connectivity index (χ1v) is 8.74. The van der Waals surface area contributed by atoms with Gasteiger partial charge >= 0.3 is 0 Å². The van der Waals surface area contributed by atoms with Crippen molar-refractivity contribution in [2.75, 3.05) is 13.1 Å². The minimum atomic E-state index is -0.677. The number of hydrogen-bond acceptors (Lipinski definition) is 5. The Morgan fingerprint density at radius 1 is 1.46 bits per heavy atom. The number of carbonyl (C=O) groups excluding carboxylic acids is 1. The number of fused-ring (bicyclic) bond motifs is 1. The highest BCUT2D eigenvalue weighted by molar-refractivity contribution is 6.10. The lowest BCUT2D eigenvalue weighted by molar-refractivity contribution is -0.114. The third-order valence-electron chi connectivity index (χ3n) is 5.08. The number of hydrogen-bond donors (Lipinski definition) is 1. The number of Topliss-reactive ketones (excluding diaryl/α,β-unsaturated/α-hetero) is 1. The Labute approximate surface area is 152 Å². The second-order valence-corrected chi connectivity index (χ2v) is 6.78. The highest BCUT2D eigenvalue weighted by Gasteiger charge is 2.33. The lowest BCUT2D eigenvalue weighted by atomic mass is 9.88. The molecule has 6 nitrogen and oxygen atoms in total. The van der Waals surface area contributed by atoms with Crippen LogP contribution in [0, 0.1) is 12.3 Å². The van der Waals surface area contributed by atoms with Crippen LogP contribution in [0.4, 0.5) is 0 Å². The van der Waals surface area contributed by atoms with Gasteiger partial charge in [0, 0.05) is 43.7 Å². The first kappa shape index (κ1) is 16.6. The molecule has 1 saturated heterocycles. The van der Waals surface area contributed by atoms with E-state index in [4.69, 9.17) is 6.42 Å². The summed E-state index contributed by atoms with van der Waals surface area (Å²) in [6.45, 7) is 3.21. The zero-order valence-corrected chi connectivity index (χ0v) is 14.6. The van der Waals surface area contributed by atoms with Crippen LogP contribution in [0.3, 0.4) is 0 Å². The first-order chi connectivity index (χ1) is 12.6. The van der Waals surface area contributed by atoms with E-state index in [2.05, 4.69) is 20.9 Å². The molecule has 1 unspecified atom stereocenters. The molecule has 0 radical (unpaired) electrons. The Balaban J connectivity index is 1.77. The molecule has 0 spiro atoms. The molecule has 0 saturated carbocycles. The fraction of sp³-hybridized carbons (Fsp3) is 0.350. The number of allylic oxidation sites excluding steroid dienone is 1. The highest BCUT2D eigenvalue weighted by Crippen LogP contribution is 2.36. The number of carbonyl (C=O) groups is 1. The van der Waals surface area contributed by atoms with E-state index in [-0.39, 0.29) is 18.2 Å². The van der Waals surface area contributed by atoms with Gasteiger partial charge in [-0.25, -0.2) is 0 Å². The Kier molecular flexibility index (Phi) is 4.09. The molecule has 6 heteroatoms. The quantitative estimate of drug-likeness (QED) is 0.856. The number of likely N-dealkylation sites (tertiary alicyclic amines) is 1. The third-order valence-corrected chi connectivity index (χ3v) is 5.08. The lowest BCUT2D eigenvalue weighted by Gasteiger charge is -2.29. The molecule has 1 N–H and O–H groups in total. The van der Waals surface area contributed by atoms with Gasteiger partial charge in [-0.05, 0) is 31.0 Å². The van der Waals surface area contributed by atoms with Gasteiger partial charge in [0.2, 0.25) is 0 Å². The van der Waals surface area contributed by atoms with Crippen LogP contribution >= 0.6 is 0 Å². The molecule has 2 atom stereocenters. The minimum Gasteiger partial charge on any atom is -0.387 e. The maximum atomic E-state index is 12.6. The van der Waals surface area contributed by atoms with Crippen molar-refractivity contribution < 1.29 is 9.90 Å². The molecular formula is C20H20N4O2. The summed E-state index contributed by atoms with van der Waals surface area (Å²) in [4.78, 5) is 19.0. The van der Waals surface area contributed by atoms with Crippen LogP contribution in [0.5, 0.6) is 0 Å². The van der Waals surface area contributed by atoms with Crippen molar-refractivity contribution >= 4 is 11.5 Å². The van der Waals surface area contributed by atoms with E-state index in [9.17, 15) is 9.90 Å². The van der Waals surface area contributed by atoms with Gasteiger partial charge in [0.05, 0.1) is 29.1 Å². The zero-order chi connectivity index (χ0) is 18.3. The van der Waals surface area contributed by atoms with Crippen molar-refractivity contribution in [3.63, 3.8) is 0 Å². The van der Waals surface area contributed by atoms with Gasteiger partial charge in [-0.1, -0.05) is 5.92 Å². The number of aliphatic hydroxyl groups is 1. The van der Waals surface area contributed by atoms with Crippen LogP contribution in [-0.4, -0.2) is 43.6 Å². The van der Waals surface area contributed by atoms with Crippen LogP contribution < -0.4 is 0 Å². The standard InChI is InChI=1S/C20H20N4O2/c1-3-16-19(26)9-14-11-21-18(13(2)25)10-17(14)20(16)23-8-5-15(12-23)24-7-4-6-22-24/h1,4,6-7,10-11,13,15,25H,5,8-9,12H2,2H3/t13?,15-/m1/s1. The minimum absolute atomic E-state index is 0.0517. The molecule has 2 aliphatic rings. The molecule has 1 aliphatic heterocycles. The Hall–Kier alpha value is -2.91. The van der Waals surface area contributed by atoms with E-state index in [1.807, 2.05) is 23.0 Å². The summed E-state index contributed by atoms with van der Waals surface area (Å²) in [6.07, 6.45) is 11.6. The third kappa shape index (κ3) is 2.71. The van der Waals surface area contributed by atoms with E-state index >= 15 is 0 Å². The Morgan fingerprint density at radius 3 is 3.00 bits per heavy atom. The summed E-state index contributed by atoms with van der Waals surface area (Å²) in [5.74, 6) is 2.55. The molecule has 0 aromatic carbocycles. The normalized spacial score (nSPS) is 20.9. The number of pyridine rings is 1. The monoisotopic (exact) mass is 348 g/mol. The van der Waals surface area contributed by atoms with Gasteiger partial charge in [0.1, 0.15) is 0 Å². The molecule has 2 aromatic heterocycles. The molecule has 0 amide bonds. The van der Waals surface area contributed by atoms with E-state index in [0.29, 0.717) is 11.3 Å². The largest absolute Gasteiger partial charge is 0.387 e. The van der Waals surface area contributed by atoms with Crippen LogP contribution in [0.1, 0.15) is 42.3 Å². The number of nitrogens with zero attached hydrogens (tertiary/aromatic N) is 4. The van der Waals surface area contributed by atoms with Crippen molar-refractivity contribution in [2.24, 2.45) is 0 Å². The van der Waals surface area contributed by atoms with Gasteiger partial charge in [0.15, 0.2) is 5.78 Å². The fourth-order valence-corrected chi connectivity index (χ4v) is 3.75. The fourth-order valence-electron chi connectivity index (χ4n) is 3.75. The Bertz CT molecular complexity index is 922. The van der Waals surface area contributed by atoms with Crippen molar-refractivity contribution in [3.05, 3.63) is 53.1 Å². The van der Waals surface area contributed by atoms with Crippen molar-refractivity contribution in [2.45, 2.75) is 31.9 Å². The van der Waals surface area contributed by atoms with Crippen molar-refractivity contribution in [1.29, 1.82) is 0 Å². The summed E-state index contributed by atoms with van der Waals surface area (Å²) in [7, 11) is 0. The van der Waals surface area contributed by atoms with Crippen LogP contribution in [0.25, 0.3) is 5.70 Å². The molecule has 4 rings (SSSR count). The van der Waals surface area contributed by atoms with Gasteiger partial charge in [-0.3, -0.25) is 14.5 Å². The molecule has 1 fully saturated rings. The number of terminal acetylenes is 1. The summed E-state index contributed by atoms with van der Waals surface area (Å²) < 4.78 is 1.95. The molecule has 132 valence electrons. The molecule has 0 bridgehead atoms. The second kappa shape index (κ2) is 6.43. The number of aromatic nitrogens is 3. The SMILES string of the molecule is C#CC1=C(N2CC[C@@H](n3cccn3)C2)c2cc(C(C)O)ncc2CC1=O. The van der Waals surface area contributed by atoms with Gasteiger partial charge in [-0.15, -0.1) is 6.42 Å². The number of rotatable bonds is 3. The maximum Gasteiger partial charge on any atom is 0.177 e. The van der Waals surface area contributed by atoms with Crippen LogP contribution in [0.15, 0.2) is 36.3 Å². The zero-order valence-electron chi connectivity index (χ0n) is 14.6. The molecule has 1 aliphatic carbocycles. The predicted molar refractivity (Wildman–Crippen MR) is 96.8 cm³/mol. The predicted octanol–water partition coefficient (Wildman–Crippen LogP) is 1.75. The average molecular weight is 348 g/mol. The topological polar surface area (TPSA) is 71.2 Å². The van der Waals surface area contributed by atoms with Crippen LogP contribution in [0.2, 0.25) is 0 Å². The van der Waals surface area contributed by atoms with E-state index < -0.39 is 6.10 Å². The summed E-state index contributed by atoms with van der Waals surface area (Å²) >= 11 is 0. The van der Waals surface area contributed by atoms with E-state index in [0.717, 1.165) is 36.3 Å². The van der Waals surface area contributed by atoms with Gasteiger partial charge < -0.3 is 10.0 Å². The van der Waals surface area contributed by atoms with Gasteiger partial charge in [-0.2, -0.15) is 5.10 Å². The summed E-state index contributed by atoms with van der Waals surface area (Å²) in [5.41, 5.74) is 3.55. The number of ketones is 1. The molecular weight excluding hydrogens is 328 g/mol.